The van der Waals surface area contributed by atoms with Crippen LogP contribution in [0.3, 0.4) is 0 Å². The summed E-state index contributed by atoms with van der Waals surface area (Å²) in [6.45, 7) is -0.212. The summed E-state index contributed by atoms with van der Waals surface area (Å²) in [6.07, 6.45) is 0.282. The van der Waals surface area contributed by atoms with E-state index in [4.69, 9.17) is 15.3 Å². The van der Waals surface area contributed by atoms with Crippen molar-refractivity contribution in [2.24, 2.45) is 5.16 Å². The van der Waals surface area contributed by atoms with Crippen molar-refractivity contribution < 1.29 is 101 Å². The number of thioether (sulfide) groups is 2. The first-order valence-corrected chi connectivity index (χ1v) is 15.8. The van der Waals surface area contributed by atoms with Crippen molar-refractivity contribution in [2.75, 3.05) is 32.3 Å². The molecule has 1 unspecified atom stereocenters. The van der Waals surface area contributed by atoms with E-state index < -0.39 is 50.1 Å². The Hall–Kier alpha value is -1.35. The quantitative estimate of drug-likeness (QED) is 0.0207. The zero-order valence-corrected chi connectivity index (χ0v) is 30.9. The molecule has 2 aromatic rings. The van der Waals surface area contributed by atoms with Crippen LogP contribution in [0.4, 0.5) is 5.13 Å². The molecule has 5 N–H and O–H groups in total. The molecule has 3 atom stereocenters. The third kappa shape index (κ3) is 8.51. The molecule has 228 valence electrons. The van der Waals surface area contributed by atoms with Crippen molar-refractivity contribution in [3.05, 3.63) is 22.3 Å². The summed E-state index contributed by atoms with van der Waals surface area (Å²) in [5.41, 5.74) is 3.27. The van der Waals surface area contributed by atoms with E-state index in [0.717, 1.165) is 39.8 Å². The summed E-state index contributed by atoms with van der Waals surface area (Å²) in [7, 11) is -2.30. The van der Waals surface area contributed by atoms with Gasteiger partial charge in [0.05, 0.1) is 11.7 Å². The van der Waals surface area contributed by atoms with E-state index in [1.165, 1.54) is 19.6 Å². The van der Waals surface area contributed by atoms with E-state index in [2.05, 4.69) is 36.1 Å². The minimum atomic E-state index is -4.68. The number of carboxylic acid groups (broad SMARTS) is 1. The van der Waals surface area contributed by atoms with Gasteiger partial charge < -0.3 is 35.1 Å². The number of ether oxygens (including phenoxy) is 1. The Labute approximate surface area is 306 Å². The maximum absolute atomic E-state index is 13.6. The molecule has 0 aromatic carbocycles. The van der Waals surface area contributed by atoms with Gasteiger partial charge in [-0.3, -0.25) is 14.5 Å². The number of nitrogens with one attached hydrogen (secondary N) is 3. The predicted octanol–water partition coefficient (Wildman–Crippen LogP) is -9.03. The van der Waals surface area contributed by atoms with E-state index in [1.807, 2.05) is 4.72 Å². The van der Waals surface area contributed by atoms with Crippen molar-refractivity contribution in [3.63, 3.8) is 0 Å². The molecule has 1 fully saturated rings. The fourth-order valence-corrected chi connectivity index (χ4v) is 7.80. The summed E-state index contributed by atoms with van der Waals surface area (Å²) < 4.78 is 40.0. The van der Waals surface area contributed by atoms with Gasteiger partial charge in [0.15, 0.2) is 21.1 Å². The van der Waals surface area contributed by atoms with Crippen molar-refractivity contribution in [1.82, 2.24) is 40.5 Å². The molecule has 0 bridgehead atoms. The number of carboxylic acids is 1. The number of aliphatic carboxylic acids is 1. The SMILES string of the molecule is CON=C(C(=O)N[C@]1(OC)C(=O)N2C(C(=O)[O-])=C(C(CCCNS(=O)(=O)[O-])Sc3nn[nH]n3)CS[C@H]21)c1csc(N)n1.[Na+].[Na+]. The van der Waals surface area contributed by atoms with Crippen LogP contribution in [0, 0.1) is 0 Å². The summed E-state index contributed by atoms with van der Waals surface area (Å²) in [5, 5.41) is 32.1. The van der Waals surface area contributed by atoms with Crippen LogP contribution in [0.2, 0.25) is 0 Å². The molecule has 19 nitrogen and oxygen atoms in total. The normalized spacial score (nSPS) is 20.5. The number of amides is 2. The van der Waals surface area contributed by atoms with Crippen molar-refractivity contribution in [2.45, 2.75) is 34.3 Å². The zero-order valence-electron chi connectivity index (χ0n) is 23.6. The number of carbonyl (C=O) groups is 3. The van der Waals surface area contributed by atoms with Crippen LogP contribution in [-0.4, -0.2) is 110 Å². The molecule has 25 heteroatoms. The van der Waals surface area contributed by atoms with E-state index in [-0.39, 0.29) is 112 Å². The molecule has 0 saturated carbocycles. The number of β-lactam (4-membered cyclic amide) rings is 1. The van der Waals surface area contributed by atoms with Gasteiger partial charge in [-0.05, 0) is 23.6 Å². The number of hydrogen-bond donors (Lipinski definition) is 4. The average molecular weight is 709 g/mol. The first-order valence-electron chi connectivity index (χ1n) is 11.6. The van der Waals surface area contributed by atoms with Gasteiger partial charge in [0.1, 0.15) is 18.2 Å². The van der Waals surface area contributed by atoms with E-state index >= 15 is 0 Å². The van der Waals surface area contributed by atoms with Gasteiger partial charge in [0.2, 0.25) is 5.16 Å². The molecule has 44 heavy (non-hydrogen) atoms. The number of oxime groups is 1. The average Bonchev–Trinajstić information content (AvgIpc) is 3.61. The summed E-state index contributed by atoms with van der Waals surface area (Å²) in [5.74, 6) is -3.43. The Morgan fingerprint density at radius 2 is 2.11 bits per heavy atom. The topological polar surface area (TPSA) is 283 Å². The Balaban J connectivity index is 0.00000337. The summed E-state index contributed by atoms with van der Waals surface area (Å²) >= 11 is 3.17. The Bertz CT molecular complexity index is 1520. The van der Waals surface area contributed by atoms with Gasteiger partial charge in [-0.1, -0.05) is 16.9 Å². The number of carbonyl (C=O) groups excluding carboxylic acids is 3. The molecule has 2 aliphatic rings. The fraction of sp³-hybridized carbons (Fsp3) is 0.474. The Kier molecular flexibility index (Phi) is 14.5. The van der Waals surface area contributed by atoms with Crippen LogP contribution in [-0.2, 0) is 34.3 Å². The number of aromatic amines is 1. The number of hydrogen-bond acceptors (Lipinski definition) is 18. The van der Waals surface area contributed by atoms with Gasteiger partial charge >= 0.3 is 59.1 Å². The van der Waals surface area contributed by atoms with Gasteiger partial charge in [-0.15, -0.1) is 33.3 Å². The number of rotatable bonds is 14. The molecule has 2 amide bonds. The number of anilines is 1. The number of nitrogens with zero attached hydrogens (tertiary/aromatic N) is 6. The number of aromatic nitrogens is 5. The van der Waals surface area contributed by atoms with E-state index in [1.54, 1.807) is 0 Å². The van der Waals surface area contributed by atoms with E-state index in [0.29, 0.717) is 0 Å². The first kappa shape index (κ1) is 38.8. The smallest absolute Gasteiger partial charge is 0.735 e. The molecular formula is C19H22N10Na2O9S4. The van der Waals surface area contributed by atoms with Crippen LogP contribution < -0.4 is 80.0 Å². The maximum atomic E-state index is 13.6. The minimum Gasteiger partial charge on any atom is -0.735 e. The molecule has 0 radical (unpaired) electrons. The number of H-pyrrole nitrogens is 1. The molecular weight excluding hydrogens is 687 g/mol. The fourth-order valence-electron chi connectivity index (χ4n) is 4.18. The summed E-state index contributed by atoms with van der Waals surface area (Å²) in [4.78, 5) is 48.9. The molecule has 2 aliphatic heterocycles. The van der Waals surface area contributed by atoms with Gasteiger partial charge in [-0.2, -0.15) is 5.21 Å². The Morgan fingerprint density at radius 3 is 2.66 bits per heavy atom. The van der Waals surface area contributed by atoms with E-state index in [9.17, 15) is 32.5 Å². The van der Waals surface area contributed by atoms with Gasteiger partial charge in [0.25, 0.3) is 17.5 Å². The number of fused-ring (bicyclic) bond motifs is 1. The van der Waals surface area contributed by atoms with Crippen molar-refractivity contribution in [1.29, 1.82) is 0 Å². The van der Waals surface area contributed by atoms with Crippen LogP contribution in [0.25, 0.3) is 0 Å². The van der Waals surface area contributed by atoms with Gasteiger partial charge in [0, 0.05) is 30.0 Å². The largest absolute Gasteiger partial charge is 1.00 e. The number of thiazole rings is 1. The van der Waals surface area contributed by atoms with Crippen molar-refractivity contribution >= 4 is 73.8 Å². The second-order valence-corrected chi connectivity index (χ2v) is 12.7. The summed E-state index contributed by atoms with van der Waals surface area (Å²) in [6, 6.07) is 0. The third-order valence-corrected chi connectivity index (χ3v) is 9.68. The Morgan fingerprint density at radius 1 is 1.39 bits per heavy atom. The monoisotopic (exact) mass is 708 g/mol. The zero-order chi connectivity index (χ0) is 30.7. The predicted molar refractivity (Wildman–Crippen MR) is 144 cm³/mol. The molecule has 4 rings (SSSR count). The van der Waals surface area contributed by atoms with Crippen LogP contribution in [0.5, 0.6) is 0 Å². The molecule has 2 aromatic heterocycles. The number of tetrazole rings is 1. The van der Waals surface area contributed by atoms with Crippen LogP contribution >= 0.6 is 34.9 Å². The molecule has 0 aliphatic carbocycles. The molecule has 4 heterocycles. The van der Waals surface area contributed by atoms with Gasteiger partial charge in [-0.25, -0.2) is 18.1 Å². The first-order chi connectivity index (χ1) is 19.9. The number of methoxy groups -OCH3 is 1. The standard InChI is InChI=1S/C19H24N10O9S4.2Na/c1-37-19(23-13(30)11(26-38-2)9-7-40-17(20)22-9)15(33)29-12(14(31)32)8(6-39-16(19)29)10(41-18-24-27-28-25-18)4-3-5-21-42(34,35)36;;/h7,10,16,21H,3-6H2,1-2H3,(H2,20,22)(H,23,30)(H,31,32)(H,34,35,36)(H,24,25,27,28);;/q;2*+1/p-2/t10?,16-,19-;;/m0../s1. The number of nitrogen functional groups attached to an aromatic ring is 1. The second kappa shape index (κ2) is 16.5. The molecule has 0 spiro atoms. The van der Waals surface area contributed by atoms with Crippen LogP contribution in [0.1, 0.15) is 18.5 Å². The third-order valence-electron chi connectivity index (χ3n) is 5.92. The van der Waals surface area contributed by atoms with Crippen molar-refractivity contribution in [3.8, 4) is 0 Å². The minimum absolute atomic E-state index is 0. The van der Waals surface area contributed by atoms with Crippen LogP contribution in [0.15, 0.2) is 27.0 Å². The maximum Gasteiger partial charge on any atom is 1.00 e. The second-order valence-electron chi connectivity index (χ2n) is 8.38. The number of nitrogens with two attached hydrogens (primary N) is 1. The molecule has 1 saturated heterocycles.